The largest absolute Gasteiger partial charge is 0.390 e. The van der Waals surface area contributed by atoms with Crippen molar-refractivity contribution < 1.29 is 9.84 Å². The second kappa shape index (κ2) is 5.88. The summed E-state index contributed by atoms with van der Waals surface area (Å²) in [6, 6.07) is 5.16. The number of nitrogens with one attached hydrogen (secondary N) is 1. The van der Waals surface area contributed by atoms with Gasteiger partial charge in [0.05, 0.1) is 29.7 Å². The summed E-state index contributed by atoms with van der Waals surface area (Å²) in [5, 5.41) is 13.8. The van der Waals surface area contributed by atoms with Gasteiger partial charge in [0, 0.05) is 11.3 Å². The summed E-state index contributed by atoms with van der Waals surface area (Å²) >= 11 is 0. The maximum absolute atomic E-state index is 12.2. The maximum Gasteiger partial charge on any atom is 0.330 e. The number of fused-ring (bicyclic) bond motifs is 1. The Kier molecular flexibility index (Phi) is 3.91. The van der Waals surface area contributed by atoms with Gasteiger partial charge in [-0.25, -0.2) is 4.79 Å². The highest BCUT2D eigenvalue weighted by atomic mass is 16.5. The van der Waals surface area contributed by atoms with Crippen LogP contribution in [0.1, 0.15) is 18.2 Å². The van der Waals surface area contributed by atoms with Gasteiger partial charge >= 0.3 is 5.69 Å². The zero-order valence-electron chi connectivity index (χ0n) is 12.3. The lowest BCUT2D eigenvalue weighted by atomic mass is 10.1. The zero-order valence-corrected chi connectivity index (χ0v) is 12.3. The first-order valence-corrected chi connectivity index (χ1v) is 7.11. The van der Waals surface area contributed by atoms with Gasteiger partial charge in [-0.05, 0) is 24.6 Å². The minimum absolute atomic E-state index is 0.0245. The van der Waals surface area contributed by atoms with Crippen molar-refractivity contribution in [3.63, 3.8) is 0 Å². The summed E-state index contributed by atoms with van der Waals surface area (Å²) in [6.07, 6.45) is -2.11. The van der Waals surface area contributed by atoms with Crippen LogP contribution in [0.2, 0.25) is 0 Å². The summed E-state index contributed by atoms with van der Waals surface area (Å²) in [5.41, 5.74) is 8.62. The molecule has 0 amide bonds. The van der Waals surface area contributed by atoms with E-state index in [0.29, 0.717) is 10.9 Å². The normalized spacial score (nSPS) is 23.8. The fourth-order valence-electron chi connectivity index (χ4n) is 2.82. The van der Waals surface area contributed by atoms with Crippen molar-refractivity contribution in [1.82, 2.24) is 9.55 Å². The number of aryl methyl sites for hydroxylation is 1. The summed E-state index contributed by atoms with van der Waals surface area (Å²) in [6.45, 7) is 1.82. The van der Waals surface area contributed by atoms with Gasteiger partial charge in [-0.1, -0.05) is 16.7 Å². The topological polar surface area (TPSA) is 133 Å². The van der Waals surface area contributed by atoms with Gasteiger partial charge in [0.15, 0.2) is 0 Å². The predicted molar refractivity (Wildman–Crippen MR) is 82.1 cm³/mol. The number of rotatable bonds is 3. The van der Waals surface area contributed by atoms with Gasteiger partial charge in [-0.2, -0.15) is 0 Å². The smallest absolute Gasteiger partial charge is 0.330 e. The van der Waals surface area contributed by atoms with E-state index in [4.69, 9.17) is 10.3 Å². The third-order valence-electron chi connectivity index (χ3n) is 3.91. The number of H-pyrrole nitrogens is 1. The van der Waals surface area contributed by atoms with E-state index in [2.05, 4.69) is 15.0 Å². The molecule has 1 fully saturated rings. The van der Waals surface area contributed by atoms with Gasteiger partial charge in [0.2, 0.25) is 0 Å². The van der Waals surface area contributed by atoms with Crippen LogP contribution in [0.5, 0.6) is 0 Å². The number of azide groups is 1. The minimum atomic E-state index is -0.857. The number of hydrogen-bond donors (Lipinski definition) is 2. The third-order valence-corrected chi connectivity index (χ3v) is 3.91. The Hall–Kier alpha value is -2.61. The molecule has 2 heterocycles. The maximum atomic E-state index is 12.2. The second-order valence-electron chi connectivity index (χ2n) is 5.50. The molecule has 23 heavy (non-hydrogen) atoms. The third kappa shape index (κ3) is 2.72. The van der Waals surface area contributed by atoms with Crippen LogP contribution in [0.3, 0.4) is 0 Å². The lowest BCUT2D eigenvalue weighted by Gasteiger charge is -2.17. The standard InChI is InChI=1S/C14H15N5O4/c1-7-2-3-9-8(4-7)13(21)17-14(22)19(9)12-5-10(20)11(23-12)6-16-18-15/h2-4,10-12,20H,5-6H2,1H3,(H,17,21,22)/t10-,11+,12-/m0/s1. The van der Waals surface area contributed by atoms with E-state index in [1.54, 1.807) is 18.2 Å². The average Bonchev–Trinajstić information content (AvgIpc) is 2.86. The van der Waals surface area contributed by atoms with Crippen LogP contribution in [-0.4, -0.2) is 33.4 Å². The number of aromatic nitrogens is 2. The molecule has 2 aromatic rings. The summed E-state index contributed by atoms with van der Waals surface area (Å²) < 4.78 is 6.96. The van der Waals surface area contributed by atoms with Crippen LogP contribution < -0.4 is 11.2 Å². The SMILES string of the molecule is Cc1ccc2c(c1)c(=O)[nH]c(=O)n2[C@@H]1C[C@H](O)[C@@H](CN=[N+]=[N-])O1. The second-order valence-corrected chi connectivity index (χ2v) is 5.50. The molecular weight excluding hydrogens is 302 g/mol. The van der Waals surface area contributed by atoms with Crippen molar-refractivity contribution in [3.05, 3.63) is 55.0 Å². The van der Waals surface area contributed by atoms with Crippen molar-refractivity contribution in [3.8, 4) is 0 Å². The molecule has 1 saturated heterocycles. The molecule has 1 aliphatic rings. The zero-order chi connectivity index (χ0) is 16.6. The predicted octanol–water partition coefficient (Wildman–Crippen LogP) is 0.957. The van der Waals surface area contributed by atoms with Gasteiger partial charge < -0.3 is 9.84 Å². The van der Waals surface area contributed by atoms with Gasteiger partial charge in [-0.15, -0.1) is 0 Å². The molecule has 120 valence electrons. The fourth-order valence-corrected chi connectivity index (χ4v) is 2.82. The molecule has 2 N–H and O–H groups in total. The van der Waals surface area contributed by atoms with E-state index < -0.39 is 29.7 Å². The van der Waals surface area contributed by atoms with Crippen LogP contribution >= 0.6 is 0 Å². The first-order chi connectivity index (χ1) is 11.0. The Bertz CT molecular complexity index is 912. The molecule has 9 nitrogen and oxygen atoms in total. The van der Waals surface area contributed by atoms with Crippen molar-refractivity contribution in [2.24, 2.45) is 5.11 Å². The summed E-state index contributed by atoms with van der Waals surface area (Å²) in [7, 11) is 0. The Morgan fingerprint density at radius 1 is 1.52 bits per heavy atom. The summed E-state index contributed by atoms with van der Waals surface area (Å²) in [4.78, 5) is 29.1. The van der Waals surface area contributed by atoms with Crippen molar-refractivity contribution in [2.45, 2.75) is 31.8 Å². The highest BCUT2D eigenvalue weighted by Gasteiger charge is 2.35. The number of hydrogen-bond acceptors (Lipinski definition) is 5. The fraction of sp³-hybridized carbons (Fsp3) is 0.429. The molecular formula is C14H15N5O4. The number of benzene rings is 1. The Balaban J connectivity index is 2.09. The van der Waals surface area contributed by atoms with E-state index in [1.807, 2.05) is 6.92 Å². The molecule has 0 unspecified atom stereocenters. The number of ether oxygens (including phenoxy) is 1. The number of aliphatic hydroxyl groups is 1. The molecule has 0 bridgehead atoms. The minimum Gasteiger partial charge on any atom is -0.390 e. The lowest BCUT2D eigenvalue weighted by molar-refractivity contribution is -0.0130. The molecule has 1 aliphatic heterocycles. The number of aliphatic hydroxyl groups excluding tert-OH is 1. The quantitative estimate of drug-likeness (QED) is 0.495. The van der Waals surface area contributed by atoms with Gasteiger partial charge in [0.1, 0.15) is 6.23 Å². The van der Waals surface area contributed by atoms with E-state index in [9.17, 15) is 14.7 Å². The molecule has 0 aliphatic carbocycles. The molecule has 1 aromatic heterocycles. The van der Waals surface area contributed by atoms with E-state index in [0.717, 1.165) is 5.56 Å². The molecule has 0 spiro atoms. The Labute approximate surface area is 129 Å². The van der Waals surface area contributed by atoms with E-state index in [1.165, 1.54) is 4.57 Å². The van der Waals surface area contributed by atoms with Crippen molar-refractivity contribution in [1.29, 1.82) is 0 Å². The van der Waals surface area contributed by atoms with Crippen LogP contribution in [0.4, 0.5) is 0 Å². The van der Waals surface area contributed by atoms with E-state index >= 15 is 0 Å². The average molecular weight is 317 g/mol. The molecule has 1 aromatic carbocycles. The van der Waals surface area contributed by atoms with Crippen LogP contribution in [0, 0.1) is 6.92 Å². The molecule has 0 radical (unpaired) electrons. The Morgan fingerprint density at radius 2 is 2.30 bits per heavy atom. The van der Waals surface area contributed by atoms with Crippen molar-refractivity contribution in [2.75, 3.05) is 6.54 Å². The first-order valence-electron chi connectivity index (χ1n) is 7.11. The highest BCUT2D eigenvalue weighted by Crippen LogP contribution is 2.29. The molecule has 3 atom stereocenters. The van der Waals surface area contributed by atoms with Gasteiger partial charge in [0.25, 0.3) is 5.56 Å². The molecule has 3 rings (SSSR count). The van der Waals surface area contributed by atoms with Crippen molar-refractivity contribution >= 4 is 10.9 Å². The number of nitrogens with zero attached hydrogens (tertiary/aromatic N) is 4. The first kappa shape index (κ1) is 15.3. The monoisotopic (exact) mass is 317 g/mol. The van der Waals surface area contributed by atoms with E-state index in [-0.39, 0.29) is 13.0 Å². The highest BCUT2D eigenvalue weighted by molar-refractivity contribution is 5.78. The Morgan fingerprint density at radius 3 is 3.04 bits per heavy atom. The van der Waals surface area contributed by atoms with Gasteiger partial charge in [-0.3, -0.25) is 14.3 Å². The van der Waals surface area contributed by atoms with Crippen LogP contribution in [0.25, 0.3) is 21.3 Å². The summed E-state index contributed by atoms with van der Waals surface area (Å²) in [5.74, 6) is 0. The lowest BCUT2D eigenvalue weighted by Crippen LogP contribution is -2.33. The van der Waals surface area contributed by atoms with Crippen LogP contribution in [0.15, 0.2) is 32.9 Å². The van der Waals surface area contributed by atoms with Crippen LogP contribution in [-0.2, 0) is 4.74 Å². The molecule has 0 saturated carbocycles. The molecule has 9 heteroatoms. The number of aromatic amines is 1.